The van der Waals surface area contributed by atoms with Crippen LogP contribution in [0.25, 0.3) is 0 Å². The Morgan fingerprint density at radius 1 is 1.89 bits per heavy atom. The Kier molecular flexibility index (Phi) is 3.58. The van der Waals surface area contributed by atoms with Gasteiger partial charge >= 0.3 is 0 Å². The maximum absolute atomic E-state index is 9.90. The third-order valence-corrected chi connectivity index (χ3v) is 1.45. The number of carboxylic acid groups (broad SMARTS) is 1. The van der Waals surface area contributed by atoms with E-state index in [2.05, 4.69) is 0 Å². The van der Waals surface area contributed by atoms with E-state index in [9.17, 15) is 9.90 Å². The Morgan fingerprint density at radius 3 is 2.44 bits per heavy atom. The first-order valence-electron chi connectivity index (χ1n) is 2.62. The van der Waals surface area contributed by atoms with Crippen LogP contribution in [0.5, 0.6) is 0 Å². The largest absolute Gasteiger partial charge is 0.548 e. The topological polar surface area (TPSA) is 60.4 Å². The minimum atomic E-state index is -1.42. The van der Waals surface area contributed by atoms with Crippen LogP contribution in [0.2, 0.25) is 0 Å². The van der Waals surface area contributed by atoms with Gasteiger partial charge in [0.2, 0.25) is 0 Å². The van der Waals surface area contributed by atoms with E-state index >= 15 is 0 Å². The van der Waals surface area contributed by atoms with Gasteiger partial charge in [-0.05, 0) is 6.42 Å². The van der Waals surface area contributed by atoms with Gasteiger partial charge in [-0.3, -0.25) is 0 Å². The van der Waals surface area contributed by atoms with Crippen molar-refractivity contribution in [2.75, 3.05) is 0 Å². The molecule has 0 aromatic carbocycles. The lowest BCUT2D eigenvalue weighted by Crippen LogP contribution is -2.39. The Labute approximate surface area is 58.3 Å². The molecule has 9 heavy (non-hydrogen) atoms. The van der Waals surface area contributed by atoms with Crippen LogP contribution in [0, 0.1) is 0 Å². The smallest absolute Gasteiger partial charge is 0.0988 e. The number of aliphatic hydroxyl groups excluding tert-OH is 1. The van der Waals surface area contributed by atoms with Crippen LogP contribution >= 0.6 is 11.6 Å². The van der Waals surface area contributed by atoms with E-state index in [1.165, 1.54) is 0 Å². The molecule has 0 aliphatic rings. The zero-order chi connectivity index (χ0) is 7.44. The van der Waals surface area contributed by atoms with Crippen molar-refractivity contribution in [1.82, 2.24) is 0 Å². The highest BCUT2D eigenvalue weighted by atomic mass is 35.5. The van der Waals surface area contributed by atoms with Crippen LogP contribution in [0.3, 0.4) is 0 Å². The minimum absolute atomic E-state index is 0.322. The summed E-state index contributed by atoms with van der Waals surface area (Å²) >= 11 is 5.15. The van der Waals surface area contributed by atoms with Gasteiger partial charge in [-0.1, -0.05) is 6.92 Å². The molecule has 0 amide bonds. The van der Waals surface area contributed by atoms with Gasteiger partial charge in [-0.2, -0.15) is 0 Å². The second kappa shape index (κ2) is 3.69. The fourth-order valence-corrected chi connectivity index (χ4v) is 0.542. The van der Waals surface area contributed by atoms with Crippen LogP contribution in [0.1, 0.15) is 13.3 Å². The molecule has 0 heterocycles. The first-order chi connectivity index (χ1) is 4.09. The zero-order valence-electron chi connectivity index (χ0n) is 5.00. The number of alkyl halides is 1. The predicted molar refractivity (Wildman–Crippen MR) is 30.9 cm³/mol. The Hall–Kier alpha value is -0.280. The molecule has 0 unspecified atom stereocenters. The quantitative estimate of drug-likeness (QED) is 0.533. The number of hydrogen-bond acceptors (Lipinski definition) is 3. The fourth-order valence-electron chi connectivity index (χ4n) is 0.364. The molecule has 0 saturated carbocycles. The number of aliphatic carboxylic acids is 1. The maximum atomic E-state index is 9.90. The van der Waals surface area contributed by atoms with Crippen LogP contribution in [0.4, 0.5) is 0 Å². The average molecular weight is 152 g/mol. The number of rotatable bonds is 3. The lowest BCUT2D eigenvalue weighted by atomic mass is 10.2. The molecule has 0 bridgehead atoms. The van der Waals surface area contributed by atoms with E-state index < -0.39 is 17.5 Å². The van der Waals surface area contributed by atoms with Crippen molar-refractivity contribution < 1.29 is 15.0 Å². The van der Waals surface area contributed by atoms with E-state index in [1.807, 2.05) is 0 Å². The van der Waals surface area contributed by atoms with Crippen molar-refractivity contribution in [3.8, 4) is 0 Å². The van der Waals surface area contributed by atoms with Gasteiger partial charge in [0.1, 0.15) is 0 Å². The molecule has 54 valence electrons. The summed E-state index contributed by atoms with van der Waals surface area (Å²) in [7, 11) is 0. The van der Waals surface area contributed by atoms with Gasteiger partial charge in [-0.25, -0.2) is 0 Å². The third-order valence-electron chi connectivity index (χ3n) is 0.981. The highest BCUT2D eigenvalue weighted by Gasteiger charge is 2.14. The van der Waals surface area contributed by atoms with Gasteiger partial charge in [0.15, 0.2) is 0 Å². The van der Waals surface area contributed by atoms with Gasteiger partial charge in [-0.15, -0.1) is 11.6 Å². The molecule has 1 N–H and O–H groups in total. The molecule has 4 heteroatoms. The van der Waals surface area contributed by atoms with Crippen LogP contribution in [0.15, 0.2) is 0 Å². The molecule has 2 atom stereocenters. The van der Waals surface area contributed by atoms with Gasteiger partial charge < -0.3 is 15.0 Å². The second-order valence-corrected chi connectivity index (χ2v) is 2.17. The van der Waals surface area contributed by atoms with Crippen molar-refractivity contribution in [3.05, 3.63) is 0 Å². The monoisotopic (exact) mass is 151 g/mol. The first kappa shape index (κ1) is 8.72. The van der Waals surface area contributed by atoms with E-state index in [-0.39, 0.29) is 0 Å². The number of carbonyl (C=O) groups excluding carboxylic acids is 1. The zero-order valence-corrected chi connectivity index (χ0v) is 5.76. The number of carboxylic acids is 1. The predicted octanol–water partition coefficient (Wildman–Crippen LogP) is -0.885. The number of halogens is 1. The summed E-state index contributed by atoms with van der Waals surface area (Å²) < 4.78 is 0. The van der Waals surface area contributed by atoms with Gasteiger partial charge in [0.05, 0.1) is 17.5 Å². The third kappa shape index (κ3) is 2.67. The van der Waals surface area contributed by atoms with Gasteiger partial charge in [0, 0.05) is 0 Å². The molecule has 0 rings (SSSR count). The number of carbonyl (C=O) groups is 1. The SMILES string of the molecule is CC[C@@H](O)[C@@H](Cl)C(=O)[O-]. The molecule has 0 fully saturated rings. The van der Waals surface area contributed by atoms with Crippen LogP contribution in [-0.4, -0.2) is 22.6 Å². The van der Waals surface area contributed by atoms with Crippen molar-refractivity contribution in [1.29, 1.82) is 0 Å². The van der Waals surface area contributed by atoms with E-state index in [0.29, 0.717) is 6.42 Å². The maximum Gasteiger partial charge on any atom is 0.0988 e. The molecule has 3 nitrogen and oxygen atoms in total. The van der Waals surface area contributed by atoms with E-state index in [4.69, 9.17) is 16.7 Å². The van der Waals surface area contributed by atoms with Crippen molar-refractivity contribution in [2.24, 2.45) is 0 Å². The van der Waals surface area contributed by atoms with Crippen LogP contribution < -0.4 is 5.11 Å². The summed E-state index contributed by atoms with van der Waals surface area (Å²) in [5, 5.41) is 17.4. The summed E-state index contributed by atoms with van der Waals surface area (Å²) in [4.78, 5) is 9.90. The molecule has 0 aromatic rings. The summed E-state index contributed by atoms with van der Waals surface area (Å²) in [5.74, 6) is -1.42. The lowest BCUT2D eigenvalue weighted by molar-refractivity contribution is -0.306. The normalized spacial score (nSPS) is 16.8. The average Bonchev–Trinajstić information content (AvgIpc) is 1.84. The molecule has 0 aliphatic heterocycles. The highest BCUT2D eigenvalue weighted by Crippen LogP contribution is 2.04. The molecular formula is C5H8ClO3-. The molecule has 0 spiro atoms. The number of hydrogen-bond donors (Lipinski definition) is 1. The van der Waals surface area contributed by atoms with Crippen LogP contribution in [-0.2, 0) is 4.79 Å². The summed E-state index contributed by atoms with van der Waals surface area (Å²) in [6, 6.07) is 0. The fraction of sp³-hybridized carbons (Fsp3) is 0.800. The summed E-state index contributed by atoms with van der Waals surface area (Å²) in [6.45, 7) is 1.64. The molecule has 0 radical (unpaired) electrons. The molecule has 0 aromatic heterocycles. The van der Waals surface area contributed by atoms with E-state index in [0.717, 1.165) is 0 Å². The van der Waals surface area contributed by atoms with Crippen molar-refractivity contribution in [2.45, 2.75) is 24.8 Å². The highest BCUT2D eigenvalue weighted by molar-refractivity contribution is 6.29. The second-order valence-electron chi connectivity index (χ2n) is 1.70. The Morgan fingerprint density at radius 2 is 2.33 bits per heavy atom. The molecular weight excluding hydrogens is 144 g/mol. The van der Waals surface area contributed by atoms with Crippen molar-refractivity contribution in [3.63, 3.8) is 0 Å². The summed E-state index contributed by atoms with van der Waals surface area (Å²) in [6.07, 6.45) is -0.682. The van der Waals surface area contributed by atoms with E-state index in [1.54, 1.807) is 6.92 Å². The summed E-state index contributed by atoms with van der Waals surface area (Å²) in [5.41, 5.74) is 0. The minimum Gasteiger partial charge on any atom is -0.548 e. The van der Waals surface area contributed by atoms with Crippen molar-refractivity contribution >= 4 is 17.6 Å². The first-order valence-corrected chi connectivity index (χ1v) is 3.06. The Balaban J connectivity index is 3.72. The molecule has 0 saturated heterocycles. The number of aliphatic hydroxyl groups is 1. The lowest BCUT2D eigenvalue weighted by Gasteiger charge is -2.14. The Bertz CT molecular complexity index is 104. The standard InChI is InChI=1S/C5H9ClO3/c1-2-3(7)4(6)5(8)9/h3-4,7H,2H2,1H3,(H,8,9)/p-1/t3-,4-/m1/s1. The van der Waals surface area contributed by atoms with Gasteiger partial charge in [0.25, 0.3) is 0 Å². The molecule has 0 aliphatic carbocycles.